The molecule has 0 spiro atoms. The normalized spacial score (nSPS) is 14.9. The van der Waals surface area contributed by atoms with Crippen molar-refractivity contribution < 1.29 is 13.2 Å². The van der Waals surface area contributed by atoms with Crippen molar-refractivity contribution in [1.82, 2.24) is 10.0 Å². The van der Waals surface area contributed by atoms with Gasteiger partial charge in [-0.25, -0.2) is 13.1 Å². The van der Waals surface area contributed by atoms with Crippen LogP contribution in [0.25, 0.3) is 0 Å². The van der Waals surface area contributed by atoms with Gasteiger partial charge in [-0.1, -0.05) is 6.07 Å². The van der Waals surface area contributed by atoms with Crippen molar-refractivity contribution in [3.05, 3.63) is 29.3 Å². The van der Waals surface area contributed by atoms with E-state index >= 15 is 0 Å². The molecule has 1 aromatic rings. The highest BCUT2D eigenvalue weighted by Crippen LogP contribution is 2.18. The Morgan fingerprint density at radius 1 is 1.37 bits per heavy atom. The smallest absolute Gasteiger partial charge is 0.251 e. The Morgan fingerprint density at radius 3 is 2.89 bits per heavy atom. The molecule has 7 heteroatoms. The molecule has 0 bridgehead atoms. The second kappa shape index (κ2) is 5.68. The van der Waals surface area contributed by atoms with Gasteiger partial charge in [-0.3, -0.25) is 4.79 Å². The first-order valence-electron chi connectivity index (χ1n) is 6.15. The minimum Gasteiger partial charge on any atom is -0.352 e. The first kappa shape index (κ1) is 14.0. The summed E-state index contributed by atoms with van der Waals surface area (Å²) in [4.78, 5) is 11.8. The van der Waals surface area contributed by atoms with Gasteiger partial charge in [-0.15, -0.1) is 0 Å². The van der Waals surface area contributed by atoms with E-state index in [4.69, 9.17) is 5.73 Å². The minimum absolute atomic E-state index is 0.111. The number of carbonyl (C=O) groups excluding carboxylic acids is 1. The molecular formula is C12H17N3O3S. The standard InChI is InChI=1S/C12H17N3O3S/c13-5-1-6-15-19(17,18)10-3-2-9-4-7-14-12(16)11(9)8-10/h2-3,8,15H,1,4-7,13H2,(H,14,16). The molecule has 1 aliphatic rings. The lowest BCUT2D eigenvalue weighted by Gasteiger charge is -2.17. The van der Waals surface area contributed by atoms with Gasteiger partial charge in [0.15, 0.2) is 0 Å². The fourth-order valence-corrected chi connectivity index (χ4v) is 3.05. The van der Waals surface area contributed by atoms with Crippen molar-refractivity contribution in [2.45, 2.75) is 17.7 Å². The van der Waals surface area contributed by atoms with Crippen LogP contribution >= 0.6 is 0 Å². The van der Waals surface area contributed by atoms with E-state index in [1.165, 1.54) is 12.1 Å². The zero-order valence-corrected chi connectivity index (χ0v) is 11.3. The molecule has 1 aromatic carbocycles. The van der Waals surface area contributed by atoms with Crippen molar-refractivity contribution in [1.29, 1.82) is 0 Å². The van der Waals surface area contributed by atoms with E-state index in [1.807, 2.05) is 0 Å². The molecule has 1 aliphatic heterocycles. The van der Waals surface area contributed by atoms with Crippen LogP contribution in [-0.2, 0) is 16.4 Å². The number of fused-ring (bicyclic) bond motifs is 1. The molecule has 4 N–H and O–H groups in total. The predicted octanol–water partition coefficient (Wildman–Crippen LogP) is -0.400. The Kier molecular flexibility index (Phi) is 4.18. The number of hydrogen-bond acceptors (Lipinski definition) is 4. The molecule has 1 amide bonds. The Bertz CT molecular complexity index is 584. The monoisotopic (exact) mass is 283 g/mol. The zero-order chi connectivity index (χ0) is 13.9. The van der Waals surface area contributed by atoms with Gasteiger partial charge in [0.2, 0.25) is 10.0 Å². The number of rotatable bonds is 5. The summed E-state index contributed by atoms with van der Waals surface area (Å²) in [7, 11) is -3.57. The summed E-state index contributed by atoms with van der Waals surface area (Å²) in [5.41, 5.74) is 6.64. The van der Waals surface area contributed by atoms with Crippen LogP contribution in [0, 0.1) is 0 Å². The molecule has 0 atom stereocenters. The van der Waals surface area contributed by atoms with Crippen LogP contribution in [0.5, 0.6) is 0 Å². The molecule has 6 nitrogen and oxygen atoms in total. The average Bonchev–Trinajstić information content (AvgIpc) is 2.39. The molecule has 19 heavy (non-hydrogen) atoms. The second-order valence-electron chi connectivity index (χ2n) is 4.36. The van der Waals surface area contributed by atoms with Crippen molar-refractivity contribution in [2.24, 2.45) is 5.73 Å². The van der Waals surface area contributed by atoms with E-state index in [9.17, 15) is 13.2 Å². The molecule has 0 saturated heterocycles. The highest BCUT2D eigenvalue weighted by atomic mass is 32.2. The Hall–Kier alpha value is -1.44. The molecule has 0 unspecified atom stereocenters. The molecule has 0 radical (unpaired) electrons. The lowest BCUT2D eigenvalue weighted by molar-refractivity contribution is 0.0946. The first-order chi connectivity index (χ1) is 9.04. The lowest BCUT2D eigenvalue weighted by Crippen LogP contribution is -2.32. The van der Waals surface area contributed by atoms with E-state index in [0.29, 0.717) is 31.6 Å². The van der Waals surface area contributed by atoms with Crippen LogP contribution in [0.15, 0.2) is 23.1 Å². The Morgan fingerprint density at radius 2 is 2.16 bits per heavy atom. The molecule has 0 aliphatic carbocycles. The summed E-state index contributed by atoms with van der Waals surface area (Å²) in [6, 6.07) is 4.66. The topological polar surface area (TPSA) is 101 Å². The molecular weight excluding hydrogens is 266 g/mol. The summed E-state index contributed by atoms with van der Waals surface area (Å²) in [6.45, 7) is 1.31. The maximum Gasteiger partial charge on any atom is 0.251 e. The van der Waals surface area contributed by atoms with Crippen LogP contribution in [0.4, 0.5) is 0 Å². The number of benzene rings is 1. The fraction of sp³-hybridized carbons (Fsp3) is 0.417. The molecule has 1 heterocycles. The fourth-order valence-electron chi connectivity index (χ4n) is 1.95. The third-order valence-electron chi connectivity index (χ3n) is 2.99. The number of amides is 1. The highest BCUT2D eigenvalue weighted by Gasteiger charge is 2.21. The van der Waals surface area contributed by atoms with E-state index in [-0.39, 0.29) is 10.8 Å². The van der Waals surface area contributed by atoms with Gasteiger partial charge in [0.05, 0.1) is 4.90 Å². The van der Waals surface area contributed by atoms with Crippen molar-refractivity contribution in [3.8, 4) is 0 Å². The van der Waals surface area contributed by atoms with Gasteiger partial charge in [0.25, 0.3) is 5.91 Å². The van der Waals surface area contributed by atoms with Crippen molar-refractivity contribution >= 4 is 15.9 Å². The lowest BCUT2D eigenvalue weighted by atomic mass is 10.0. The van der Waals surface area contributed by atoms with Crippen molar-refractivity contribution in [2.75, 3.05) is 19.6 Å². The van der Waals surface area contributed by atoms with Crippen molar-refractivity contribution in [3.63, 3.8) is 0 Å². The number of sulfonamides is 1. The number of nitrogens with one attached hydrogen (secondary N) is 2. The number of carbonyl (C=O) groups is 1. The molecule has 2 rings (SSSR count). The van der Waals surface area contributed by atoms with E-state index < -0.39 is 10.0 Å². The summed E-state index contributed by atoms with van der Waals surface area (Å²) >= 11 is 0. The van der Waals surface area contributed by atoms with Gasteiger partial charge >= 0.3 is 0 Å². The molecule has 0 saturated carbocycles. The number of hydrogen-bond donors (Lipinski definition) is 3. The first-order valence-corrected chi connectivity index (χ1v) is 7.64. The SMILES string of the molecule is NCCCNS(=O)(=O)c1ccc2c(c1)C(=O)NCC2. The third kappa shape index (κ3) is 3.12. The minimum atomic E-state index is -3.57. The van der Waals surface area contributed by atoms with Gasteiger partial charge < -0.3 is 11.1 Å². The predicted molar refractivity (Wildman–Crippen MR) is 71.3 cm³/mol. The summed E-state index contributed by atoms with van der Waals surface area (Å²) in [5, 5.41) is 2.70. The number of nitrogens with two attached hydrogens (primary N) is 1. The van der Waals surface area contributed by atoms with Crippen LogP contribution in [-0.4, -0.2) is 34.0 Å². The second-order valence-corrected chi connectivity index (χ2v) is 6.13. The van der Waals surface area contributed by atoms with Gasteiger partial charge in [0, 0.05) is 18.7 Å². The van der Waals surface area contributed by atoms with Gasteiger partial charge in [-0.2, -0.15) is 0 Å². The summed E-state index contributed by atoms with van der Waals surface area (Å²) < 4.78 is 26.5. The Balaban J connectivity index is 2.26. The average molecular weight is 283 g/mol. The molecule has 0 aromatic heterocycles. The van der Waals surface area contributed by atoms with Crippen LogP contribution in [0.2, 0.25) is 0 Å². The third-order valence-corrected chi connectivity index (χ3v) is 4.45. The maximum atomic E-state index is 12.0. The largest absolute Gasteiger partial charge is 0.352 e. The quantitative estimate of drug-likeness (QED) is 0.640. The summed E-state index contributed by atoms with van der Waals surface area (Å²) in [5.74, 6) is -0.222. The van der Waals surface area contributed by atoms with E-state index in [0.717, 1.165) is 12.0 Å². The van der Waals surface area contributed by atoms with Gasteiger partial charge in [0.1, 0.15) is 0 Å². The van der Waals surface area contributed by atoms with E-state index in [1.54, 1.807) is 6.07 Å². The van der Waals surface area contributed by atoms with Crippen LogP contribution in [0.3, 0.4) is 0 Å². The zero-order valence-electron chi connectivity index (χ0n) is 10.5. The molecule has 104 valence electrons. The maximum absolute atomic E-state index is 12.0. The van der Waals surface area contributed by atoms with E-state index in [2.05, 4.69) is 10.0 Å². The Labute approximate surface area is 112 Å². The van der Waals surface area contributed by atoms with Crippen LogP contribution in [0.1, 0.15) is 22.3 Å². The van der Waals surface area contributed by atoms with Crippen LogP contribution < -0.4 is 15.8 Å². The summed E-state index contributed by atoms with van der Waals surface area (Å²) in [6.07, 6.45) is 1.30. The molecule has 0 fully saturated rings. The van der Waals surface area contributed by atoms with Gasteiger partial charge in [-0.05, 0) is 37.1 Å². The highest BCUT2D eigenvalue weighted by molar-refractivity contribution is 7.89.